The number of hydrogen-bond donors (Lipinski definition) is 2. The highest BCUT2D eigenvalue weighted by molar-refractivity contribution is 5.55. The zero-order valence-electron chi connectivity index (χ0n) is 9.83. The number of likely N-dealkylation sites (N-methyl/N-ethyl adjacent to an activating group) is 1. The van der Waals surface area contributed by atoms with Gasteiger partial charge < -0.3 is 15.5 Å². The van der Waals surface area contributed by atoms with Gasteiger partial charge in [0.25, 0.3) is 0 Å². The van der Waals surface area contributed by atoms with Crippen molar-refractivity contribution in [2.45, 2.75) is 6.92 Å². The molecule has 5 heteroatoms. The summed E-state index contributed by atoms with van der Waals surface area (Å²) in [6, 6.07) is 0. The maximum atomic E-state index is 4.20. The molecule has 0 saturated heterocycles. The first kappa shape index (κ1) is 11.7. The SMILES string of the molecule is CNc1ncnc(NCCN(C)C)c1C. The van der Waals surface area contributed by atoms with Crippen molar-refractivity contribution in [3.05, 3.63) is 11.9 Å². The zero-order valence-corrected chi connectivity index (χ0v) is 9.83. The van der Waals surface area contributed by atoms with E-state index in [9.17, 15) is 0 Å². The minimum Gasteiger partial charge on any atom is -0.373 e. The number of rotatable bonds is 5. The molecular weight excluding hydrogens is 190 g/mol. The molecule has 0 fully saturated rings. The Morgan fingerprint density at radius 2 is 1.93 bits per heavy atom. The quantitative estimate of drug-likeness (QED) is 0.751. The van der Waals surface area contributed by atoms with Crippen LogP contribution >= 0.6 is 0 Å². The fourth-order valence-corrected chi connectivity index (χ4v) is 1.28. The molecular formula is C10H19N5. The summed E-state index contributed by atoms with van der Waals surface area (Å²) in [5.41, 5.74) is 1.05. The van der Waals surface area contributed by atoms with Crippen molar-refractivity contribution >= 4 is 11.6 Å². The molecule has 1 aromatic rings. The third kappa shape index (κ3) is 3.36. The van der Waals surface area contributed by atoms with Crippen LogP contribution in [0, 0.1) is 6.92 Å². The summed E-state index contributed by atoms with van der Waals surface area (Å²) in [4.78, 5) is 10.5. The highest BCUT2D eigenvalue weighted by Gasteiger charge is 2.04. The lowest BCUT2D eigenvalue weighted by atomic mass is 10.3. The standard InChI is InChI=1S/C10H19N5/c1-8-9(11-2)13-7-14-10(8)12-5-6-15(3)4/h7H,5-6H2,1-4H3,(H2,11,12,13,14). The monoisotopic (exact) mass is 209 g/mol. The second-order valence-corrected chi connectivity index (χ2v) is 3.68. The van der Waals surface area contributed by atoms with E-state index in [1.807, 2.05) is 28.1 Å². The van der Waals surface area contributed by atoms with Crippen LogP contribution in [0.1, 0.15) is 5.56 Å². The Hall–Kier alpha value is -1.36. The van der Waals surface area contributed by atoms with E-state index < -0.39 is 0 Å². The fourth-order valence-electron chi connectivity index (χ4n) is 1.28. The predicted molar refractivity (Wildman–Crippen MR) is 63.4 cm³/mol. The van der Waals surface area contributed by atoms with Crippen LogP contribution in [0.3, 0.4) is 0 Å². The molecule has 2 N–H and O–H groups in total. The van der Waals surface area contributed by atoms with Crippen molar-refractivity contribution in [2.24, 2.45) is 0 Å². The Bertz CT molecular complexity index is 311. The highest BCUT2D eigenvalue weighted by atomic mass is 15.1. The molecule has 1 rings (SSSR count). The summed E-state index contributed by atoms with van der Waals surface area (Å²) in [5, 5.41) is 6.32. The summed E-state index contributed by atoms with van der Waals surface area (Å²) in [6.45, 7) is 3.87. The minimum absolute atomic E-state index is 0.873. The number of nitrogens with one attached hydrogen (secondary N) is 2. The van der Waals surface area contributed by atoms with E-state index in [-0.39, 0.29) is 0 Å². The minimum atomic E-state index is 0.873. The van der Waals surface area contributed by atoms with Crippen LogP contribution in [-0.2, 0) is 0 Å². The van der Waals surface area contributed by atoms with Gasteiger partial charge in [0.1, 0.15) is 18.0 Å². The first-order valence-corrected chi connectivity index (χ1v) is 5.03. The molecule has 0 aromatic carbocycles. The number of anilines is 2. The third-order valence-corrected chi connectivity index (χ3v) is 2.17. The Morgan fingerprint density at radius 3 is 2.53 bits per heavy atom. The van der Waals surface area contributed by atoms with Crippen LogP contribution in [0.2, 0.25) is 0 Å². The van der Waals surface area contributed by atoms with Crippen molar-refractivity contribution < 1.29 is 0 Å². The van der Waals surface area contributed by atoms with Crippen molar-refractivity contribution in [3.63, 3.8) is 0 Å². The van der Waals surface area contributed by atoms with E-state index in [0.29, 0.717) is 0 Å². The van der Waals surface area contributed by atoms with Crippen molar-refractivity contribution in [2.75, 3.05) is 44.9 Å². The average Bonchev–Trinajstić information content (AvgIpc) is 2.20. The lowest BCUT2D eigenvalue weighted by molar-refractivity contribution is 0.425. The highest BCUT2D eigenvalue weighted by Crippen LogP contribution is 2.16. The maximum absolute atomic E-state index is 4.20. The van der Waals surface area contributed by atoms with Gasteiger partial charge in [-0.2, -0.15) is 0 Å². The average molecular weight is 209 g/mol. The van der Waals surface area contributed by atoms with Crippen LogP contribution in [0.5, 0.6) is 0 Å². The maximum Gasteiger partial charge on any atom is 0.134 e. The molecule has 15 heavy (non-hydrogen) atoms. The molecule has 5 nitrogen and oxygen atoms in total. The van der Waals surface area contributed by atoms with E-state index >= 15 is 0 Å². The zero-order chi connectivity index (χ0) is 11.3. The molecule has 0 aliphatic rings. The van der Waals surface area contributed by atoms with Crippen molar-refractivity contribution in [1.82, 2.24) is 14.9 Å². The molecule has 0 aliphatic carbocycles. The van der Waals surface area contributed by atoms with Gasteiger partial charge in [-0.3, -0.25) is 0 Å². The summed E-state index contributed by atoms with van der Waals surface area (Å²) >= 11 is 0. The Labute approximate surface area is 90.9 Å². The molecule has 0 unspecified atom stereocenters. The molecule has 1 aromatic heterocycles. The number of aromatic nitrogens is 2. The van der Waals surface area contributed by atoms with Gasteiger partial charge in [-0.05, 0) is 21.0 Å². The van der Waals surface area contributed by atoms with E-state index in [4.69, 9.17) is 0 Å². The van der Waals surface area contributed by atoms with E-state index in [2.05, 4.69) is 25.5 Å². The van der Waals surface area contributed by atoms with Gasteiger partial charge in [0.05, 0.1) is 0 Å². The molecule has 84 valence electrons. The van der Waals surface area contributed by atoms with Crippen LogP contribution in [0.4, 0.5) is 11.6 Å². The summed E-state index contributed by atoms with van der Waals surface area (Å²) < 4.78 is 0. The second kappa shape index (κ2) is 5.50. The molecule has 0 spiro atoms. The largest absolute Gasteiger partial charge is 0.373 e. The van der Waals surface area contributed by atoms with Gasteiger partial charge in [-0.1, -0.05) is 0 Å². The van der Waals surface area contributed by atoms with Gasteiger partial charge in [0.15, 0.2) is 0 Å². The smallest absolute Gasteiger partial charge is 0.134 e. The third-order valence-electron chi connectivity index (χ3n) is 2.17. The summed E-state index contributed by atoms with van der Waals surface area (Å²) in [5.74, 6) is 1.77. The lowest BCUT2D eigenvalue weighted by Crippen LogP contribution is -2.21. The van der Waals surface area contributed by atoms with E-state index in [1.54, 1.807) is 6.33 Å². The van der Waals surface area contributed by atoms with Crippen LogP contribution in [-0.4, -0.2) is 49.1 Å². The van der Waals surface area contributed by atoms with Gasteiger partial charge in [-0.25, -0.2) is 9.97 Å². The van der Waals surface area contributed by atoms with Gasteiger partial charge in [-0.15, -0.1) is 0 Å². The van der Waals surface area contributed by atoms with Crippen LogP contribution in [0.25, 0.3) is 0 Å². The topological polar surface area (TPSA) is 53.1 Å². The molecule has 0 aliphatic heterocycles. The van der Waals surface area contributed by atoms with Gasteiger partial charge in [0.2, 0.25) is 0 Å². The van der Waals surface area contributed by atoms with E-state index in [1.165, 1.54) is 0 Å². The number of hydrogen-bond acceptors (Lipinski definition) is 5. The summed E-state index contributed by atoms with van der Waals surface area (Å²) in [6.07, 6.45) is 1.57. The van der Waals surface area contributed by atoms with E-state index in [0.717, 1.165) is 30.3 Å². The summed E-state index contributed by atoms with van der Waals surface area (Å²) in [7, 11) is 5.96. The van der Waals surface area contributed by atoms with Crippen LogP contribution < -0.4 is 10.6 Å². The van der Waals surface area contributed by atoms with Crippen molar-refractivity contribution in [3.8, 4) is 0 Å². The first-order chi connectivity index (χ1) is 7.15. The van der Waals surface area contributed by atoms with Crippen molar-refractivity contribution in [1.29, 1.82) is 0 Å². The van der Waals surface area contributed by atoms with Gasteiger partial charge >= 0.3 is 0 Å². The Morgan fingerprint density at radius 1 is 1.27 bits per heavy atom. The van der Waals surface area contributed by atoms with Gasteiger partial charge in [0, 0.05) is 25.7 Å². The molecule has 0 saturated carbocycles. The second-order valence-electron chi connectivity index (χ2n) is 3.68. The molecule has 0 atom stereocenters. The molecule has 1 heterocycles. The molecule has 0 radical (unpaired) electrons. The molecule has 0 amide bonds. The predicted octanol–water partition coefficient (Wildman–Crippen LogP) is 0.800. The Kier molecular flexibility index (Phi) is 4.30. The number of nitrogens with zero attached hydrogens (tertiary/aromatic N) is 3. The first-order valence-electron chi connectivity index (χ1n) is 5.03. The van der Waals surface area contributed by atoms with Crippen LogP contribution in [0.15, 0.2) is 6.33 Å². The lowest BCUT2D eigenvalue weighted by Gasteiger charge is -2.13. The Balaban J connectivity index is 2.61. The fraction of sp³-hybridized carbons (Fsp3) is 0.600. The molecule has 0 bridgehead atoms. The normalized spacial score (nSPS) is 10.5.